The van der Waals surface area contributed by atoms with E-state index in [1.807, 2.05) is 60.7 Å². The lowest BCUT2D eigenvalue weighted by molar-refractivity contribution is 0.0532. The molecule has 3 aromatic rings. The summed E-state index contributed by atoms with van der Waals surface area (Å²) in [4.78, 5) is 28.7. The summed E-state index contributed by atoms with van der Waals surface area (Å²) in [5.41, 5.74) is 2.10. The SMILES string of the molecule is O=C(c1ccccc1)N1CCN(C(=O)c2cn(Cc3ccccc3)nn2)CC1. The van der Waals surface area contributed by atoms with Gasteiger partial charge in [-0.15, -0.1) is 5.10 Å². The lowest BCUT2D eigenvalue weighted by Crippen LogP contribution is -2.50. The standard InChI is InChI=1S/C21H21N5O2/c27-20(18-9-5-2-6-10-18)24-11-13-25(14-12-24)21(28)19-16-26(23-22-19)15-17-7-3-1-4-8-17/h1-10,16H,11-15H2. The second-order valence-electron chi connectivity index (χ2n) is 6.74. The van der Waals surface area contributed by atoms with E-state index in [1.54, 1.807) is 20.7 Å². The Bertz CT molecular complexity index is 947. The molecule has 0 aliphatic carbocycles. The van der Waals surface area contributed by atoms with Gasteiger partial charge in [0.15, 0.2) is 5.69 Å². The molecule has 1 aliphatic rings. The Balaban J connectivity index is 1.35. The molecule has 2 amide bonds. The molecule has 28 heavy (non-hydrogen) atoms. The molecule has 0 bridgehead atoms. The van der Waals surface area contributed by atoms with Crippen LogP contribution in [0.15, 0.2) is 66.9 Å². The fourth-order valence-corrected chi connectivity index (χ4v) is 3.28. The highest BCUT2D eigenvalue weighted by Gasteiger charge is 2.26. The molecule has 0 N–H and O–H groups in total. The number of benzene rings is 2. The van der Waals surface area contributed by atoms with Crippen LogP contribution in [0.4, 0.5) is 0 Å². The first-order chi connectivity index (χ1) is 13.7. The highest BCUT2D eigenvalue weighted by Crippen LogP contribution is 2.11. The molecule has 0 atom stereocenters. The Morgan fingerprint density at radius 3 is 2.00 bits per heavy atom. The van der Waals surface area contributed by atoms with Gasteiger partial charge in [-0.05, 0) is 17.7 Å². The van der Waals surface area contributed by atoms with Gasteiger partial charge in [0.2, 0.25) is 0 Å². The van der Waals surface area contributed by atoms with Gasteiger partial charge in [0.05, 0.1) is 12.7 Å². The van der Waals surface area contributed by atoms with Gasteiger partial charge in [-0.3, -0.25) is 9.59 Å². The van der Waals surface area contributed by atoms with Crippen molar-refractivity contribution in [2.45, 2.75) is 6.54 Å². The highest BCUT2D eigenvalue weighted by molar-refractivity contribution is 5.95. The summed E-state index contributed by atoms with van der Waals surface area (Å²) in [5.74, 6) is -0.146. The van der Waals surface area contributed by atoms with Gasteiger partial charge < -0.3 is 9.80 Å². The highest BCUT2D eigenvalue weighted by atomic mass is 16.2. The average Bonchev–Trinajstić information content (AvgIpc) is 3.22. The van der Waals surface area contributed by atoms with Crippen molar-refractivity contribution >= 4 is 11.8 Å². The lowest BCUT2D eigenvalue weighted by Gasteiger charge is -2.34. The van der Waals surface area contributed by atoms with E-state index in [2.05, 4.69) is 10.3 Å². The first-order valence-corrected chi connectivity index (χ1v) is 9.28. The van der Waals surface area contributed by atoms with Crippen molar-refractivity contribution in [1.82, 2.24) is 24.8 Å². The number of aromatic nitrogens is 3. The third-order valence-electron chi connectivity index (χ3n) is 4.82. The van der Waals surface area contributed by atoms with E-state index in [0.29, 0.717) is 44.0 Å². The second-order valence-corrected chi connectivity index (χ2v) is 6.74. The molecule has 7 nitrogen and oxygen atoms in total. The maximum atomic E-state index is 12.7. The van der Waals surface area contributed by atoms with Crippen molar-refractivity contribution in [3.63, 3.8) is 0 Å². The molecule has 2 aromatic carbocycles. The first kappa shape index (κ1) is 17.9. The van der Waals surface area contributed by atoms with Gasteiger partial charge in [0.25, 0.3) is 11.8 Å². The Labute approximate surface area is 163 Å². The normalized spacial score (nSPS) is 14.1. The summed E-state index contributed by atoms with van der Waals surface area (Å²) in [7, 11) is 0. The number of carbonyl (C=O) groups is 2. The van der Waals surface area contributed by atoms with Crippen molar-refractivity contribution in [2.24, 2.45) is 0 Å². The number of hydrogen-bond donors (Lipinski definition) is 0. The first-order valence-electron chi connectivity index (χ1n) is 9.28. The van der Waals surface area contributed by atoms with Crippen molar-refractivity contribution in [3.8, 4) is 0 Å². The third kappa shape index (κ3) is 3.93. The van der Waals surface area contributed by atoms with E-state index in [-0.39, 0.29) is 11.8 Å². The van der Waals surface area contributed by atoms with Crippen LogP contribution in [0.2, 0.25) is 0 Å². The van der Waals surface area contributed by atoms with Gasteiger partial charge in [-0.2, -0.15) is 0 Å². The van der Waals surface area contributed by atoms with Crippen LogP contribution in [0.25, 0.3) is 0 Å². The lowest BCUT2D eigenvalue weighted by atomic mass is 10.2. The van der Waals surface area contributed by atoms with Crippen LogP contribution >= 0.6 is 0 Å². The smallest absolute Gasteiger partial charge is 0.276 e. The van der Waals surface area contributed by atoms with Crippen molar-refractivity contribution in [3.05, 3.63) is 83.7 Å². The van der Waals surface area contributed by atoms with E-state index in [4.69, 9.17) is 0 Å². The zero-order chi connectivity index (χ0) is 19.3. The fraction of sp³-hybridized carbons (Fsp3) is 0.238. The van der Waals surface area contributed by atoms with Gasteiger partial charge in [0.1, 0.15) is 0 Å². The minimum Gasteiger partial charge on any atom is -0.335 e. The van der Waals surface area contributed by atoms with Gasteiger partial charge in [0, 0.05) is 31.7 Å². The molecule has 1 aromatic heterocycles. The maximum Gasteiger partial charge on any atom is 0.276 e. The zero-order valence-electron chi connectivity index (χ0n) is 15.4. The molecule has 1 aliphatic heterocycles. The minimum atomic E-state index is -0.147. The zero-order valence-corrected chi connectivity index (χ0v) is 15.4. The van der Waals surface area contributed by atoms with Crippen LogP contribution in [0, 0.1) is 0 Å². The van der Waals surface area contributed by atoms with E-state index in [9.17, 15) is 9.59 Å². The topological polar surface area (TPSA) is 71.3 Å². The molecular formula is C21H21N5O2. The quantitative estimate of drug-likeness (QED) is 0.699. The molecule has 0 radical (unpaired) electrons. The van der Waals surface area contributed by atoms with E-state index in [1.165, 1.54) is 0 Å². The monoisotopic (exact) mass is 375 g/mol. The molecule has 1 fully saturated rings. The Morgan fingerprint density at radius 1 is 0.786 bits per heavy atom. The summed E-state index contributed by atoms with van der Waals surface area (Å²) < 4.78 is 1.66. The molecule has 0 saturated carbocycles. The van der Waals surface area contributed by atoms with Crippen LogP contribution in [0.1, 0.15) is 26.4 Å². The summed E-state index contributed by atoms with van der Waals surface area (Å²) in [6, 6.07) is 19.1. The predicted octanol–water partition coefficient (Wildman–Crippen LogP) is 1.92. The third-order valence-corrected chi connectivity index (χ3v) is 4.82. The molecule has 2 heterocycles. The number of hydrogen-bond acceptors (Lipinski definition) is 4. The number of carbonyl (C=O) groups excluding carboxylic acids is 2. The number of nitrogens with zero attached hydrogens (tertiary/aromatic N) is 5. The van der Waals surface area contributed by atoms with E-state index < -0.39 is 0 Å². The van der Waals surface area contributed by atoms with Gasteiger partial charge in [-0.1, -0.05) is 53.7 Å². The molecule has 1 saturated heterocycles. The second kappa shape index (κ2) is 8.04. The molecule has 0 spiro atoms. The van der Waals surface area contributed by atoms with Crippen molar-refractivity contribution < 1.29 is 9.59 Å². The van der Waals surface area contributed by atoms with Crippen LogP contribution in [0.5, 0.6) is 0 Å². The number of amides is 2. The Kier molecular flexibility index (Phi) is 5.14. The van der Waals surface area contributed by atoms with Crippen molar-refractivity contribution in [2.75, 3.05) is 26.2 Å². The molecule has 0 unspecified atom stereocenters. The molecule has 142 valence electrons. The largest absolute Gasteiger partial charge is 0.335 e. The van der Waals surface area contributed by atoms with Crippen LogP contribution in [0.3, 0.4) is 0 Å². The van der Waals surface area contributed by atoms with Crippen LogP contribution in [-0.4, -0.2) is 62.8 Å². The number of rotatable bonds is 4. The van der Waals surface area contributed by atoms with E-state index >= 15 is 0 Å². The summed E-state index contributed by atoms with van der Waals surface area (Å²) >= 11 is 0. The van der Waals surface area contributed by atoms with Crippen LogP contribution < -0.4 is 0 Å². The van der Waals surface area contributed by atoms with Crippen molar-refractivity contribution in [1.29, 1.82) is 0 Å². The molecular weight excluding hydrogens is 354 g/mol. The Morgan fingerprint density at radius 2 is 1.36 bits per heavy atom. The Hall–Kier alpha value is -3.48. The molecule has 7 heteroatoms. The summed E-state index contributed by atoms with van der Waals surface area (Å²) in [6.07, 6.45) is 1.68. The summed E-state index contributed by atoms with van der Waals surface area (Å²) in [5, 5.41) is 8.10. The molecule has 4 rings (SSSR count). The van der Waals surface area contributed by atoms with Gasteiger partial charge >= 0.3 is 0 Å². The van der Waals surface area contributed by atoms with E-state index in [0.717, 1.165) is 5.56 Å². The minimum absolute atomic E-state index is 0.00139. The fourth-order valence-electron chi connectivity index (χ4n) is 3.28. The predicted molar refractivity (Wildman–Crippen MR) is 104 cm³/mol. The number of piperazine rings is 1. The average molecular weight is 375 g/mol. The van der Waals surface area contributed by atoms with Gasteiger partial charge in [-0.25, -0.2) is 4.68 Å². The summed E-state index contributed by atoms with van der Waals surface area (Å²) in [6.45, 7) is 2.57. The van der Waals surface area contributed by atoms with Crippen LogP contribution in [-0.2, 0) is 6.54 Å². The maximum absolute atomic E-state index is 12.7.